The summed E-state index contributed by atoms with van der Waals surface area (Å²) in [6.07, 6.45) is 2.06. The van der Waals surface area contributed by atoms with Gasteiger partial charge in [-0.2, -0.15) is 0 Å². The highest BCUT2D eigenvalue weighted by Crippen LogP contribution is 2.30. The van der Waals surface area contributed by atoms with E-state index in [1.165, 1.54) is 16.0 Å². The number of rotatable bonds is 4. The third kappa shape index (κ3) is 3.58. The average molecular weight is 273 g/mol. The second-order valence-corrected chi connectivity index (χ2v) is 5.83. The summed E-state index contributed by atoms with van der Waals surface area (Å²) in [5.41, 5.74) is 3.30. The lowest BCUT2D eigenvalue weighted by molar-refractivity contribution is 0.169. The van der Waals surface area contributed by atoms with Crippen molar-refractivity contribution in [3.05, 3.63) is 53.3 Å². The van der Waals surface area contributed by atoms with E-state index in [1.807, 2.05) is 25.3 Å². The van der Waals surface area contributed by atoms with Gasteiger partial charge in [-0.05, 0) is 44.0 Å². The van der Waals surface area contributed by atoms with E-state index in [0.29, 0.717) is 6.42 Å². The number of hydrogen-bond acceptors (Lipinski definition) is 3. The molecule has 0 fully saturated rings. The summed E-state index contributed by atoms with van der Waals surface area (Å²) in [4.78, 5) is 6.66. The van der Waals surface area contributed by atoms with Crippen LogP contribution in [0.1, 0.15) is 36.3 Å². The van der Waals surface area contributed by atoms with Crippen LogP contribution in [-0.2, 0) is 0 Å². The van der Waals surface area contributed by atoms with Gasteiger partial charge in [0.25, 0.3) is 0 Å². The van der Waals surface area contributed by atoms with E-state index in [1.54, 1.807) is 11.8 Å². The summed E-state index contributed by atoms with van der Waals surface area (Å²) in [5.74, 6) is 0. The molecule has 2 rings (SSSR count). The largest absolute Gasteiger partial charge is 0.387 e. The number of pyridine rings is 1. The average Bonchev–Trinajstić information content (AvgIpc) is 2.42. The number of aliphatic hydroxyl groups is 1. The van der Waals surface area contributed by atoms with Crippen LogP contribution in [0.2, 0.25) is 0 Å². The topological polar surface area (TPSA) is 33.1 Å². The first-order chi connectivity index (χ1) is 9.10. The van der Waals surface area contributed by atoms with Gasteiger partial charge in [-0.15, -0.1) is 0 Å². The fourth-order valence-electron chi connectivity index (χ4n) is 1.90. The van der Waals surface area contributed by atoms with Crippen LogP contribution >= 0.6 is 11.8 Å². The van der Waals surface area contributed by atoms with Crippen molar-refractivity contribution < 1.29 is 5.11 Å². The number of hydrogen-bond donors (Lipinski definition) is 1. The predicted octanol–water partition coefficient (Wildman–Crippen LogP) is 4.29. The fraction of sp³-hybridized carbons (Fsp3) is 0.312. The molecule has 0 bridgehead atoms. The van der Waals surface area contributed by atoms with E-state index in [0.717, 1.165) is 10.6 Å². The fourth-order valence-corrected chi connectivity index (χ4v) is 2.75. The zero-order valence-corrected chi connectivity index (χ0v) is 12.4. The van der Waals surface area contributed by atoms with Gasteiger partial charge in [0.2, 0.25) is 0 Å². The molecule has 100 valence electrons. The Hall–Kier alpha value is -1.32. The van der Waals surface area contributed by atoms with Crippen LogP contribution in [0.15, 0.2) is 46.3 Å². The van der Waals surface area contributed by atoms with Crippen molar-refractivity contribution in [3.63, 3.8) is 0 Å². The van der Waals surface area contributed by atoms with E-state index < -0.39 is 6.10 Å². The van der Waals surface area contributed by atoms with E-state index in [9.17, 15) is 5.11 Å². The van der Waals surface area contributed by atoms with Crippen molar-refractivity contribution in [1.29, 1.82) is 0 Å². The van der Waals surface area contributed by atoms with Gasteiger partial charge in [-0.3, -0.25) is 4.98 Å². The Morgan fingerprint density at radius 2 is 2.00 bits per heavy atom. The monoisotopic (exact) mass is 273 g/mol. The molecule has 0 aliphatic carbocycles. The Morgan fingerprint density at radius 3 is 2.58 bits per heavy atom. The highest BCUT2D eigenvalue weighted by atomic mass is 32.2. The Bertz CT molecular complexity index is 551. The van der Waals surface area contributed by atoms with Gasteiger partial charge >= 0.3 is 0 Å². The van der Waals surface area contributed by atoms with Crippen molar-refractivity contribution in [2.75, 3.05) is 0 Å². The minimum atomic E-state index is -0.458. The van der Waals surface area contributed by atoms with Crippen LogP contribution in [0.5, 0.6) is 0 Å². The third-order valence-electron chi connectivity index (χ3n) is 3.05. The summed E-state index contributed by atoms with van der Waals surface area (Å²) >= 11 is 1.71. The second kappa shape index (κ2) is 6.22. The molecule has 0 saturated carbocycles. The standard InChI is InChI=1S/C16H19NOS/c1-4-15(18)14-7-6-13(10-17-14)19-16-8-5-11(2)9-12(16)3/h5-10,15,18H,4H2,1-3H3. The van der Waals surface area contributed by atoms with Crippen molar-refractivity contribution in [2.24, 2.45) is 0 Å². The number of nitrogens with zero attached hydrogens (tertiary/aromatic N) is 1. The van der Waals surface area contributed by atoms with Crippen LogP contribution in [0.3, 0.4) is 0 Å². The summed E-state index contributed by atoms with van der Waals surface area (Å²) in [7, 11) is 0. The number of aromatic nitrogens is 1. The first kappa shape index (κ1) is 14.1. The van der Waals surface area contributed by atoms with Crippen molar-refractivity contribution in [3.8, 4) is 0 Å². The molecule has 1 unspecified atom stereocenters. The molecule has 0 aliphatic heterocycles. The maximum absolute atomic E-state index is 9.72. The van der Waals surface area contributed by atoms with Gasteiger partial charge in [-0.25, -0.2) is 0 Å². The van der Waals surface area contributed by atoms with Crippen LogP contribution in [0.4, 0.5) is 0 Å². The summed E-state index contributed by atoms with van der Waals surface area (Å²) < 4.78 is 0. The van der Waals surface area contributed by atoms with Crippen LogP contribution in [-0.4, -0.2) is 10.1 Å². The highest BCUT2D eigenvalue weighted by molar-refractivity contribution is 7.99. The quantitative estimate of drug-likeness (QED) is 0.902. The van der Waals surface area contributed by atoms with E-state index in [-0.39, 0.29) is 0 Å². The molecule has 0 aliphatic rings. The van der Waals surface area contributed by atoms with Crippen LogP contribution in [0, 0.1) is 13.8 Å². The van der Waals surface area contributed by atoms with Crippen LogP contribution < -0.4 is 0 Å². The maximum Gasteiger partial charge on any atom is 0.0957 e. The van der Waals surface area contributed by atoms with Gasteiger partial charge < -0.3 is 5.11 Å². The molecular weight excluding hydrogens is 254 g/mol. The molecular formula is C16H19NOS. The number of benzene rings is 1. The predicted molar refractivity (Wildman–Crippen MR) is 79.5 cm³/mol. The molecule has 1 atom stereocenters. The molecule has 0 spiro atoms. The van der Waals surface area contributed by atoms with E-state index in [2.05, 4.69) is 37.0 Å². The Balaban J connectivity index is 2.15. The first-order valence-electron chi connectivity index (χ1n) is 6.49. The molecule has 0 radical (unpaired) electrons. The van der Waals surface area contributed by atoms with Crippen molar-refractivity contribution in [1.82, 2.24) is 4.98 Å². The summed E-state index contributed by atoms with van der Waals surface area (Å²) in [5, 5.41) is 9.72. The Kier molecular flexibility index (Phi) is 4.61. The van der Waals surface area contributed by atoms with Crippen LogP contribution in [0.25, 0.3) is 0 Å². The summed E-state index contributed by atoms with van der Waals surface area (Å²) in [6.45, 7) is 6.17. The number of aryl methyl sites for hydroxylation is 2. The van der Waals surface area contributed by atoms with E-state index >= 15 is 0 Å². The highest BCUT2D eigenvalue weighted by Gasteiger charge is 2.07. The van der Waals surface area contributed by atoms with Gasteiger partial charge in [0.05, 0.1) is 11.8 Å². The molecule has 1 heterocycles. The van der Waals surface area contributed by atoms with Gasteiger partial charge in [0.1, 0.15) is 0 Å². The van der Waals surface area contributed by atoms with Gasteiger partial charge in [0.15, 0.2) is 0 Å². The number of aliphatic hydroxyl groups excluding tert-OH is 1. The molecule has 0 amide bonds. The third-order valence-corrected chi connectivity index (χ3v) is 4.20. The molecule has 19 heavy (non-hydrogen) atoms. The first-order valence-corrected chi connectivity index (χ1v) is 7.31. The minimum Gasteiger partial charge on any atom is -0.387 e. The van der Waals surface area contributed by atoms with E-state index in [4.69, 9.17) is 0 Å². The Morgan fingerprint density at radius 1 is 1.21 bits per heavy atom. The molecule has 2 nitrogen and oxygen atoms in total. The Labute approximate surface area is 118 Å². The summed E-state index contributed by atoms with van der Waals surface area (Å²) in [6, 6.07) is 10.4. The van der Waals surface area contributed by atoms with Gasteiger partial charge in [-0.1, -0.05) is 36.4 Å². The lowest BCUT2D eigenvalue weighted by Gasteiger charge is -2.09. The normalized spacial score (nSPS) is 12.4. The molecule has 3 heteroatoms. The van der Waals surface area contributed by atoms with Crippen molar-refractivity contribution >= 4 is 11.8 Å². The van der Waals surface area contributed by atoms with Crippen molar-refractivity contribution in [2.45, 2.75) is 43.1 Å². The minimum absolute atomic E-state index is 0.458. The molecule has 1 aromatic heterocycles. The smallest absolute Gasteiger partial charge is 0.0957 e. The SMILES string of the molecule is CCC(O)c1ccc(Sc2ccc(C)cc2C)cn1. The zero-order valence-electron chi connectivity index (χ0n) is 11.6. The molecule has 0 saturated heterocycles. The lowest BCUT2D eigenvalue weighted by atomic mass is 10.2. The molecule has 1 aromatic carbocycles. The molecule has 1 N–H and O–H groups in total. The van der Waals surface area contributed by atoms with Gasteiger partial charge in [0, 0.05) is 16.0 Å². The zero-order chi connectivity index (χ0) is 13.8. The second-order valence-electron chi connectivity index (χ2n) is 4.71. The maximum atomic E-state index is 9.72. The lowest BCUT2D eigenvalue weighted by Crippen LogP contribution is -1.97. The molecule has 2 aromatic rings.